The summed E-state index contributed by atoms with van der Waals surface area (Å²) in [7, 11) is -4.07. The van der Waals surface area contributed by atoms with Gasteiger partial charge in [0, 0.05) is 6.07 Å². The van der Waals surface area contributed by atoms with Gasteiger partial charge in [-0.3, -0.25) is 10.1 Å². The standard InChI is InChI=1S/C14H14N6O4S/c15-13(16)19-14(17)18-9-6-7-12(11(8-9)20(21)22)25(23,24)10-4-2-1-3-5-10/h1-8H,(H6,15,16,17,18,19). The van der Waals surface area contributed by atoms with Crippen LogP contribution in [0.25, 0.3) is 0 Å². The third-order valence-electron chi connectivity index (χ3n) is 2.97. The van der Waals surface area contributed by atoms with Gasteiger partial charge in [0.2, 0.25) is 15.8 Å². The number of nitrogens with two attached hydrogens (primary N) is 3. The lowest BCUT2D eigenvalue weighted by atomic mass is 10.3. The number of benzene rings is 2. The monoisotopic (exact) mass is 362 g/mol. The summed E-state index contributed by atoms with van der Waals surface area (Å²) in [5.41, 5.74) is 15.2. The van der Waals surface area contributed by atoms with E-state index < -0.39 is 25.3 Å². The molecule has 10 nitrogen and oxygen atoms in total. The van der Waals surface area contributed by atoms with Gasteiger partial charge in [-0.05, 0) is 24.3 Å². The second-order valence-electron chi connectivity index (χ2n) is 4.73. The summed E-state index contributed by atoms with van der Waals surface area (Å²) in [5, 5.41) is 11.3. The van der Waals surface area contributed by atoms with Crippen molar-refractivity contribution < 1.29 is 13.3 Å². The molecule has 0 radical (unpaired) electrons. The van der Waals surface area contributed by atoms with Gasteiger partial charge >= 0.3 is 0 Å². The summed E-state index contributed by atoms with van der Waals surface area (Å²) in [6, 6.07) is 10.7. The van der Waals surface area contributed by atoms with Crippen molar-refractivity contribution in [2.45, 2.75) is 9.79 Å². The maximum absolute atomic E-state index is 12.6. The van der Waals surface area contributed by atoms with E-state index >= 15 is 0 Å². The van der Waals surface area contributed by atoms with E-state index in [2.05, 4.69) is 9.98 Å². The Bertz CT molecular complexity index is 966. The van der Waals surface area contributed by atoms with Crippen LogP contribution in [0.15, 0.2) is 68.3 Å². The van der Waals surface area contributed by atoms with Crippen LogP contribution in [0.5, 0.6) is 0 Å². The SMILES string of the molecule is NC(N)=NC(N)=Nc1ccc(S(=O)(=O)c2ccccc2)c([N+](=O)[O-])c1. The Morgan fingerprint density at radius 1 is 1.04 bits per heavy atom. The lowest BCUT2D eigenvalue weighted by Gasteiger charge is -2.06. The molecule has 2 aromatic carbocycles. The minimum atomic E-state index is -4.07. The lowest BCUT2D eigenvalue weighted by Crippen LogP contribution is -2.26. The van der Waals surface area contributed by atoms with Crippen LogP contribution in [-0.2, 0) is 9.84 Å². The number of aliphatic imine (C=N–C) groups is 2. The van der Waals surface area contributed by atoms with E-state index in [4.69, 9.17) is 17.2 Å². The molecular weight excluding hydrogens is 348 g/mol. The number of hydrogen-bond donors (Lipinski definition) is 3. The Hall–Kier alpha value is -3.47. The largest absolute Gasteiger partial charge is 0.370 e. The fourth-order valence-corrected chi connectivity index (χ4v) is 3.39. The molecule has 0 saturated carbocycles. The zero-order valence-electron chi connectivity index (χ0n) is 12.7. The van der Waals surface area contributed by atoms with E-state index in [0.717, 1.165) is 12.1 Å². The molecule has 0 atom stereocenters. The first-order valence-electron chi connectivity index (χ1n) is 6.74. The molecule has 130 valence electrons. The van der Waals surface area contributed by atoms with Crippen molar-refractivity contribution in [2.75, 3.05) is 0 Å². The number of hydrogen-bond acceptors (Lipinski definition) is 5. The van der Waals surface area contributed by atoms with E-state index in [0.29, 0.717) is 0 Å². The van der Waals surface area contributed by atoms with Gasteiger partial charge in [0.15, 0.2) is 5.96 Å². The molecule has 0 spiro atoms. The van der Waals surface area contributed by atoms with Gasteiger partial charge in [0.05, 0.1) is 15.5 Å². The number of nitro groups is 1. The van der Waals surface area contributed by atoms with Crippen molar-refractivity contribution in [1.29, 1.82) is 0 Å². The molecule has 6 N–H and O–H groups in total. The topological polar surface area (TPSA) is 180 Å². The second-order valence-corrected chi connectivity index (χ2v) is 6.65. The fourth-order valence-electron chi connectivity index (χ4n) is 1.96. The Morgan fingerprint density at radius 2 is 1.68 bits per heavy atom. The number of nitrogens with zero attached hydrogens (tertiary/aromatic N) is 3. The lowest BCUT2D eigenvalue weighted by molar-refractivity contribution is -0.387. The quantitative estimate of drug-likeness (QED) is 0.309. The third kappa shape index (κ3) is 4.09. The van der Waals surface area contributed by atoms with Crippen LogP contribution >= 0.6 is 0 Å². The molecular formula is C14H14N6O4S. The van der Waals surface area contributed by atoms with E-state index in [-0.39, 0.29) is 22.5 Å². The van der Waals surface area contributed by atoms with Crippen LogP contribution in [0.4, 0.5) is 11.4 Å². The molecule has 11 heteroatoms. The van der Waals surface area contributed by atoms with Crippen molar-refractivity contribution in [2.24, 2.45) is 27.2 Å². The third-order valence-corrected chi connectivity index (χ3v) is 4.79. The van der Waals surface area contributed by atoms with Crippen molar-refractivity contribution >= 4 is 33.1 Å². The summed E-state index contributed by atoms with van der Waals surface area (Å²) in [5.74, 6) is -0.660. The Morgan fingerprint density at radius 3 is 2.24 bits per heavy atom. The number of guanidine groups is 2. The molecule has 2 rings (SSSR count). The summed E-state index contributed by atoms with van der Waals surface area (Å²) in [6.07, 6.45) is 0. The predicted octanol–water partition coefficient (Wildman–Crippen LogP) is 0.647. The van der Waals surface area contributed by atoms with Gasteiger partial charge in [-0.25, -0.2) is 13.4 Å². The average Bonchev–Trinajstić information content (AvgIpc) is 2.54. The first kappa shape index (κ1) is 17.9. The Kier molecular flexibility index (Phi) is 4.98. The van der Waals surface area contributed by atoms with E-state index in [1.54, 1.807) is 6.07 Å². The zero-order valence-corrected chi connectivity index (χ0v) is 13.6. The molecule has 25 heavy (non-hydrogen) atoms. The minimum absolute atomic E-state index is 0.0289. The smallest absolute Gasteiger partial charge is 0.290 e. The molecule has 0 amide bonds. The van der Waals surface area contributed by atoms with Crippen molar-refractivity contribution in [3.63, 3.8) is 0 Å². The van der Waals surface area contributed by atoms with Crippen molar-refractivity contribution in [1.82, 2.24) is 0 Å². The fraction of sp³-hybridized carbons (Fsp3) is 0. The van der Waals surface area contributed by atoms with Gasteiger partial charge in [0.1, 0.15) is 4.90 Å². The molecule has 0 bridgehead atoms. The first-order chi connectivity index (χ1) is 11.7. The summed E-state index contributed by atoms with van der Waals surface area (Å²) < 4.78 is 25.2. The van der Waals surface area contributed by atoms with Gasteiger partial charge < -0.3 is 17.2 Å². The second kappa shape index (κ2) is 6.97. The zero-order chi connectivity index (χ0) is 18.6. The maximum Gasteiger partial charge on any atom is 0.290 e. The molecule has 2 aromatic rings. The van der Waals surface area contributed by atoms with Crippen LogP contribution in [0, 0.1) is 10.1 Å². The number of nitro benzene ring substituents is 1. The molecule has 0 unspecified atom stereocenters. The summed E-state index contributed by atoms with van der Waals surface area (Å²) in [6.45, 7) is 0. The highest BCUT2D eigenvalue weighted by molar-refractivity contribution is 7.91. The van der Waals surface area contributed by atoms with Crippen LogP contribution in [0.3, 0.4) is 0 Å². The van der Waals surface area contributed by atoms with Crippen LogP contribution in [0.1, 0.15) is 0 Å². The molecule has 0 aromatic heterocycles. The molecule has 0 fully saturated rings. The highest BCUT2D eigenvalue weighted by Crippen LogP contribution is 2.32. The van der Waals surface area contributed by atoms with Crippen molar-refractivity contribution in [3.05, 3.63) is 58.6 Å². The van der Waals surface area contributed by atoms with Gasteiger partial charge in [-0.1, -0.05) is 18.2 Å². The highest BCUT2D eigenvalue weighted by Gasteiger charge is 2.27. The van der Waals surface area contributed by atoms with Gasteiger partial charge in [-0.2, -0.15) is 4.99 Å². The normalized spacial score (nSPS) is 11.8. The van der Waals surface area contributed by atoms with Gasteiger partial charge in [0.25, 0.3) is 5.69 Å². The Labute approximate surface area is 142 Å². The minimum Gasteiger partial charge on any atom is -0.370 e. The number of rotatable bonds is 4. The van der Waals surface area contributed by atoms with E-state index in [1.807, 2.05) is 0 Å². The summed E-state index contributed by atoms with van der Waals surface area (Å²) >= 11 is 0. The molecule has 0 aliphatic rings. The van der Waals surface area contributed by atoms with Gasteiger partial charge in [-0.15, -0.1) is 0 Å². The van der Waals surface area contributed by atoms with Crippen LogP contribution in [-0.4, -0.2) is 25.3 Å². The highest BCUT2D eigenvalue weighted by atomic mass is 32.2. The Balaban J connectivity index is 2.59. The average molecular weight is 362 g/mol. The number of sulfone groups is 1. The van der Waals surface area contributed by atoms with E-state index in [1.165, 1.54) is 30.3 Å². The summed E-state index contributed by atoms with van der Waals surface area (Å²) in [4.78, 5) is 17.2. The van der Waals surface area contributed by atoms with Crippen LogP contribution < -0.4 is 17.2 Å². The predicted molar refractivity (Wildman–Crippen MR) is 92.1 cm³/mol. The maximum atomic E-state index is 12.6. The molecule has 0 saturated heterocycles. The molecule has 0 heterocycles. The molecule has 0 aliphatic carbocycles. The molecule has 0 aliphatic heterocycles. The van der Waals surface area contributed by atoms with Crippen LogP contribution in [0.2, 0.25) is 0 Å². The van der Waals surface area contributed by atoms with Crippen molar-refractivity contribution in [3.8, 4) is 0 Å². The van der Waals surface area contributed by atoms with E-state index in [9.17, 15) is 18.5 Å². The first-order valence-corrected chi connectivity index (χ1v) is 8.22.